The first kappa shape index (κ1) is 19.1. The predicted octanol–water partition coefficient (Wildman–Crippen LogP) is 1.38. The minimum atomic E-state index is -3.80. The van der Waals surface area contributed by atoms with Gasteiger partial charge in [-0.15, -0.1) is 6.58 Å². The van der Waals surface area contributed by atoms with E-state index in [0.717, 1.165) is 4.31 Å². The van der Waals surface area contributed by atoms with Gasteiger partial charge in [0, 0.05) is 6.54 Å². The number of rotatable bonds is 8. The molecule has 1 aliphatic heterocycles. The van der Waals surface area contributed by atoms with Gasteiger partial charge in [-0.2, -0.15) is 4.31 Å². The highest BCUT2D eigenvalue weighted by molar-refractivity contribution is 7.89. The standard InChI is InChI=1S/C17H22N2O5S/c1-2-3-10-14(17(21)22)18-16(20)15-11-7-12-19(15)25(23,24)13-8-5-4-6-9-13/h2,4-6,8-9,14-15H,1,3,7,10-12H2,(H,18,20)(H,21,22). The number of nitrogens with one attached hydrogen (secondary N) is 1. The zero-order valence-electron chi connectivity index (χ0n) is 13.8. The maximum Gasteiger partial charge on any atom is 0.326 e. The summed E-state index contributed by atoms with van der Waals surface area (Å²) in [5.41, 5.74) is 0. The summed E-state index contributed by atoms with van der Waals surface area (Å²) in [5.74, 6) is -1.72. The highest BCUT2D eigenvalue weighted by Gasteiger charge is 2.40. The van der Waals surface area contributed by atoms with E-state index in [-0.39, 0.29) is 17.9 Å². The quantitative estimate of drug-likeness (QED) is 0.677. The molecular weight excluding hydrogens is 344 g/mol. The summed E-state index contributed by atoms with van der Waals surface area (Å²) in [5, 5.41) is 11.7. The largest absolute Gasteiger partial charge is 0.480 e. The van der Waals surface area contributed by atoms with Crippen LogP contribution in [0.4, 0.5) is 0 Å². The molecule has 2 rings (SSSR count). The summed E-state index contributed by atoms with van der Waals surface area (Å²) >= 11 is 0. The average molecular weight is 366 g/mol. The lowest BCUT2D eigenvalue weighted by molar-refractivity contribution is -0.142. The molecule has 2 unspecified atom stereocenters. The van der Waals surface area contributed by atoms with Gasteiger partial charge in [0.1, 0.15) is 12.1 Å². The highest BCUT2D eigenvalue weighted by Crippen LogP contribution is 2.26. The molecule has 1 aromatic rings. The van der Waals surface area contributed by atoms with Crippen molar-refractivity contribution in [2.75, 3.05) is 6.54 Å². The van der Waals surface area contributed by atoms with E-state index in [1.54, 1.807) is 24.3 Å². The van der Waals surface area contributed by atoms with Crippen molar-refractivity contribution in [2.24, 2.45) is 0 Å². The normalized spacial score (nSPS) is 19.3. The number of amides is 1. The monoisotopic (exact) mass is 366 g/mol. The Morgan fingerprint density at radius 2 is 2.04 bits per heavy atom. The van der Waals surface area contributed by atoms with Gasteiger partial charge in [-0.25, -0.2) is 13.2 Å². The Labute approximate surface area is 147 Å². The van der Waals surface area contributed by atoms with Gasteiger partial charge >= 0.3 is 5.97 Å². The van der Waals surface area contributed by atoms with E-state index in [2.05, 4.69) is 11.9 Å². The fourth-order valence-corrected chi connectivity index (χ4v) is 4.51. The van der Waals surface area contributed by atoms with Gasteiger partial charge in [0.2, 0.25) is 15.9 Å². The summed E-state index contributed by atoms with van der Waals surface area (Å²) in [4.78, 5) is 23.9. The molecule has 0 saturated carbocycles. The summed E-state index contributed by atoms with van der Waals surface area (Å²) < 4.78 is 26.7. The van der Waals surface area contributed by atoms with Gasteiger partial charge in [-0.3, -0.25) is 4.79 Å². The van der Waals surface area contributed by atoms with Gasteiger partial charge in [-0.1, -0.05) is 24.3 Å². The van der Waals surface area contributed by atoms with Crippen LogP contribution in [-0.2, 0) is 19.6 Å². The first-order chi connectivity index (χ1) is 11.9. The maximum absolute atomic E-state index is 12.8. The van der Waals surface area contributed by atoms with Crippen molar-refractivity contribution in [1.29, 1.82) is 0 Å². The zero-order valence-corrected chi connectivity index (χ0v) is 14.6. The molecule has 1 aromatic carbocycles. The van der Waals surface area contributed by atoms with Gasteiger partial charge in [0.15, 0.2) is 0 Å². The van der Waals surface area contributed by atoms with Gasteiger partial charge in [0.05, 0.1) is 4.90 Å². The van der Waals surface area contributed by atoms with E-state index in [0.29, 0.717) is 19.3 Å². The third kappa shape index (κ3) is 4.46. The molecule has 1 aliphatic rings. The number of sulfonamides is 1. The summed E-state index contributed by atoms with van der Waals surface area (Å²) in [6, 6.07) is 5.95. The Balaban J connectivity index is 2.16. The van der Waals surface area contributed by atoms with Crippen molar-refractivity contribution < 1.29 is 23.1 Å². The van der Waals surface area contributed by atoms with Crippen molar-refractivity contribution in [3.8, 4) is 0 Å². The topological polar surface area (TPSA) is 104 Å². The number of hydrogen-bond donors (Lipinski definition) is 2. The van der Waals surface area contributed by atoms with Crippen LogP contribution in [0.25, 0.3) is 0 Å². The Morgan fingerprint density at radius 1 is 1.36 bits per heavy atom. The van der Waals surface area contributed by atoms with E-state index < -0.39 is 34.0 Å². The van der Waals surface area contributed by atoms with Gasteiger partial charge in [-0.05, 0) is 37.8 Å². The number of nitrogens with zero attached hydrogens (tertiary/aromatic N) is 1. The predicted molar refractivity (Wildman–Crippen MR) is 92.4 cm³/mol. The van der Waals surface area contributed by atoms with Crippen molar-refractivity contribution in [3.05, 3.63) is 43.0 Å². The summed E-state index contributed by atoms with van der Waals surface area (Å²) in [6.07, 6.45) is 3.14. The molecule has 0 aromatic heterocycles. The molecule has 0 aliphatic carbocycles. The number of benzene rings is 1. The second kappa shape index (κ2) is 8.26. The highest BCUT2D eigenvalue weighted by atomic mass is 32.2. The number of carboxylic acid groups (broad SMARTS) is 1. The van der Waals surface area contributed by atoms with E-state index in [9.17, 15) is 23.1 Å². The van der Waals surface area contributed by atoms with Gasteiger partial charge < -0.3 is 10.4 Å². The number of allylic oxidation sites excluding steroid dienone is 1. The number of carbonyl (C=O) groups is 2. The van der Waals surface area contributed by atoms with Crippen LogP contribution in [0, 0.1) is 0 Å². The molecule has 25 heavy (non-hydrogen) atoms. The Hall–Kier alpha value is -2.19. The molecule has 1 saturated heterocycles. The van der Waals surface area contributed by atoms with Crippen LogP contribution in [0.3, 0.4) is 0 Å². The van der Waals surface area contributed by atoms with Crippen LogP contribution in [-0.4, -0.2) is 48.3 Å². The van der Waals surface area contributed by atoms with E-state index in [1.165, 1.54) is 12.1 Å². The average Bonchev–Trinajstić information content (AvgIpc) is 3.09. The Morgan fingerprint density at radius 3 is 2.64 bits per heavy atom. The first-order valence-electron chi connectivity index (χ1n) is 8.09. The van der Waals surface area contributed by atoms with Crippen molar-refractivity contribution in [3.63, 3.8) is 0 Å². The second-order valence-corrected chi connectivity index (χ2v) is 7.74. The number of carbonyl (C=O) groups excluding carboxylic acids is 1. The number of hydrogen-bond acceptors (Lipinski definition) is 4. The van der Waals surface area contributed by atoms with Crippen molar-refractivity contribution in [1.82, 2.24) is 9.62 Å². The maximum atomic E-state index is 12.8. The lowest BCUT2D eigenvalue weighted by Gasteiger charge is -2.25. The van der Waals surface area contributed by atoms with Crippen LogP contribution in [0.5, 0.6) is 0 Å². The van der Waals surface area contributed by atoms with Crippen molar-refractivity contribution >= 4 is 21.9 Å². The van der Waals surface area contributed by atoms with E-state index in [1.807, 2.05) is 0 Å². The lowest BCUT2D eigenvalue weighted by atomic mass is 10.1. The van der Waals surface area contributed by atoms with Crippen LogP contribution < -0.4 is 5.32 Å². The number of carboxylic acids is 1. The minimum Gasteiger partial charge on any atom is -0.480 e. The molecule has 136 valence electrons. The van der Waals surface area contributed by atoms with Crippen LogP contribution >= 0.6 is 0 Å². The van der Waals surface area contributed by atoms with E-state index in [4.69, 9.17) is 0 Å². The zero-order chi connectivity index (χ0) is 18.4. The first-order valence-corrected chi connectivity index (χ1v) is 9.53. The lowest BCUT2D eigenvalue weighted by Crippen LogP contribution is -2.50. The molecule has 1 fully saturated rings. The third-order valence-electron chi connectivity index (χ3n) is 4.13. The molecule has 8 heteroatoms. The minimum absolute atomic E-state index is 0.121. The summed E-state index contributed by atoms with van der Waals surface area (Å²) in [7, 11) is -3.80. The van der Waals surface area contributed by atoms with E-state index >= 15 is 0 Å². The molecule has 1 amide bonds. The van der Waals surface area contributed by atoms with Crippen LogP contribution in [0.15, 0.2) is 47.9 Å². The molecule has 1 heterocycles. The van der Waals surface area contributed by atoms with Gasteiger partial charge in [0.25, 0.3) is 0 Å². The smallest absolute Gasteiger partial charge is 0.326 e. The fraction of sp³-hybridized carbons (Fsp3) is 0.412. The Kier molecular flexibility index (Phi) is 6.33. The molecular formula is C17H22N2O5S. The van der Waals surface area contributed by atoms with Crippen LogP contribution in [0.1, 0.15) is 25.7 Å². The summed E-state index contributed by atoms with van der Waals surface area (Å²) in [6.45, 7) is 3.77. The second-order valence-electron chi connectivity index (χ2n) is 5.85. The number of aliphatic carboxylic acids is 1. The molecule has 7 nitrogen and oxygen atoms in total. The van der Waals surface area contributed by atoms with Crippen molar-refractivity contribution in [2.45, 2.75) is 42.7 Å². The molecule has 0 radical (unpaired) electrons. The molecule has 2 atom stereocenters. The Bertz CT molecular complexity index is 733. The third-order valence-corrected chi connectivity index (χ3v) is 6.05. The SMILES string of the molecule is C=CCCC(NC(=O)C1CCCN1S(=O)(=O)c1ccccc1)C(=O)O. The molecule has 2 N–H and O–H groups in total. The fourth-order valence-electron chi connectivity index (χ4n) is 2.83. The van der Waals surface area contributed by atoms with Crippen LogP contribution in [0.2, 0.25) is 0 Å². The molecule has 0 spiro atoms. The molecule has 0 bridgehead atoms.